The van der Waals surface area contributed by atoms with E-state index in [1.165, 1.54) is 0 Å². The molecule has 18 heavy (non-hydrogen) atoms. The molecule has 1 amide bonds. The number of carbonyl (C=O) groups is 1. The number of β-amino-alcohol motifs (C(OH)–C–C–N with tert-alkyl or cyclic N) is 1. The van der Waals surface area contributed by atoms with Gasteiger partial charge in [-0.15, -0.1) is 0 Å². The van der Waals surface area contributed by atoms with Gasteiger partial charge in [0.25, 0.3) is 0 Å². The minimum Gasteiger partial charge on any atom is -0.392 e. The van der Waals surface area contributed by atoms with Gasteiger partial charge in [0.15, 0.2) is 0 Å². The van der Waals surface area contributed by atoms with Crippen molar-refractivity contribution in [2.24, 2.45) is 0 Å². The van der Waals surface area contributed by atoms with Gasteiger partial charge in [-0.05, 0) is 20.3 Å². The standard InChI is InChI=1S/C12H20N4O2/c1-9(2)16-11(3-5-13-16)14-12(18)8-15-6-4-10(17)7-15/h3,5,9-10,17H,4,6-8H2,1-2H3,(H,14,18)/t10-/m1/s1. The minimum atomic E-state index is -0.293. The number of hydrogen-bond donors (Lipinski definition) is 2. The number of carbonyl (C=O) groups excluding carboxylic acids is 1. The topological polar surface area (TPSA) is 70.4 Å². The van der Waals surface area contributed by atoms with E-state index in [1.54, 1.807) is 16.9 Å². The normalized spacial score (nSPS) is 20.6. The molecule has 0 aromatic carbocycles. The first-order chi connectivity index (χ1) is 8.56. The van der Waals surface area contributed by atoms with Crippen LogP contribution < -0.4 is 5.32 Å². The van der Waals surface area contributed by atoms with E-state index in [1.807, 2.05) is 18.7 Å². The largest absolute Gasteiger partial charge is 0.392 e. The Hall–Kier alpha value is -1.40. The van der Waals surface area contributed by atoms with Crippen molar-refractivity contribution in [1.29, 1.82) is 0 Å². The number of nitrogens with zero attached hydrogens (tertiary/aromatic N) is 3. The molecule has 1 fully saturated rings. The van der Waals surface area contributed by atoms with Crippen LogP contribution in [-0.4, -0.2) is 51.4 Å². The summed E-state index contributed by atoms with van der Waals surface area (Å²) in [6, 6.07) is 2.00. The molecule has 2 rings (SSSR count). The Kier molecular flexibility index (Phi) is 3.98. The number of nitrogens with one attached hydrogen (secondary N) is 1. The van der Waals surface area contributed by atoms with Crippen molar-refractivity contribution in [3.63, 3.8) is 0 Å². The molecule has 6 nitrogen and oxygen atoms in total. The second-order valence-corrected chi connectivity index (χ2v) is 4.98. The summed E-state index contributed by atoms with van der Waals surface area (Å²) in [5, 5.41) is 16.4. The Bertz CT molecular complexity index is 416. The lowest BCUT2D eigenvalue weighted by molar-refractivity contribution is -0.117. The van der Waals surface area contributed by atoms with Crippen LogP contribution in [0.2, 0.25) is 0 Å². The fourth-order valence-corrected chi connectivity index (χ4v) is 2.17. The molecule has 100 valence electrons. The van der Waals surface area contributed by atoms with Crippen molar-refractivity contribution < 1.29 is 9.90 Å². The molecule has 0 spiro atoms. The summed E-state index contributed by atoms with van der Waals surface area (Å²) in [6.45, 7) is 5.70. The molecule has 6 heteroatoms. The molecule has 0 unspecified atom stereocenters. The highest BCUT2D eigenvalue weighted by Crippen LogP contribution is 2.13. The number of amides is 1. The van der Waals surface area contributed by atoms with Crippen LogP contribution in [0.15, 0.2) is 12.3 Å². The van der Waals surface area contributed by atoms with Gasteiger partial charge >= 0.3 is 0 Å². The molecule has 1 atom stereocenters. The molecule has 0 radical (unpaired) electrons. The predicted octanol–water partition coefficient (Wildman–Crippen LogP) is 0.469. The van der Waals surface area contributed by atoms with E-state index in [4.69, 9.17) is 0 Å². The first-order valence-electron chi connectivity index (χ1n) is 6.30. The molecule has 1 aliphatic heterocycles. The number of anilines is 1. The Labute approximate surface area is 107 Å². The zero-order chi connectivity index (χ0) is 13.1. The van der Waals surface area contributed by atoms with Gasteiger partial charge in [-0.3, -0.25) is 9.69 Å². The monoisotopic (exact) mass is 252 g/mol. The Morgan fingerprint density at radius 2 is 2.44 bits per heavy atom. The average molecular weight is 252 g/mol. The van der Waals surface area contributed by atoms with Gasteiger partial charge in [-0.2, -0.15) is 5.10 Å². The fourth-order valence-electron chi connectivity index (χ4n) is 2.17. The van der Waals surface area contributed by atoms with Gasteiger partial charge < -0.3 is 10.4 Å². The summed E-state index contributed by atoms with van der Waals surface area (Å²) in [6.07, 6.45) is 2.13. The number of aromatic nitrogens is 2. The Balaban J connectivity index is 1.89. The number of likely N-dealkylation sites (tertiary alicyclic amines) is 1. The van der Waals surface area contributed by atoms with Gasteiger partial charge in [0.2, 0.25) is 5.91 Å². The second-order valence-electron chi connectivity index (χ2n) is 4.98. The van der Waals surface area contributed by atoms with Crippen LogP contribution in [0.5, 0.6) is 0 Å². The van der Waals surface area contributed by atoms with Crippen molar-refractivity contribution in [3.05, 3.63) is 12.3 Å². The summed E-state index contributed by atoms with van der Waals surface area (Å²) in [5.41, 5.74) is 0. The lowest BCUT2D eigenvalue weighted by Crippen LogP contribution is -2.32. The number of rotatable bonds is 4. The van der Waals surface area contributed by atoms with E-state index in [-0.39, 0.29) is 18.1 Å². The highest BCUT2D eigenvalue weighted by atomic mass is 16.3. The summed E-state index contributed by atoms with van der Waals surface area (Å²) < 4.78 is 1.77. The quantitative estimate of drug-likeness (QED) is 0.817. The van der Waals surface area contributed by atoms with E-state index in [0.717, 1.165) is 18.8 Å². The second kappa shape index (κ2) is 5.49. The highest BCUT2D eigenvalue weighted by Gasteiger charge is 2.22. The van der Waals surface area contributed by atoms with Crippen LogP contribution in [0.1, 0.15) is 26.3 Å². The van der Waals surface area contributed by atoms with Crippen LogP contribution in [0.3, 0.4) is 0 Å². The Morgan fingerprint density at radius 3 is 3.06 bits per heavy atom. The molecule has 1 aromatic heterocycles. The van der Waals surface area contributed by atoms with Crippen LogP contribution in [-0.2, 0) is 4.79 Å². The lowest BCUT2D eigenvalue weighted by atomic mass is 10.3. The maximum absolute atomic E-state index is 11.9. The van der Waals surface area contributed by atoms with E-state index < -0.39 is 0 Å². The number of aliphatic hydroxyl groups is 1. The smallest absolute Gasteiger partial charge is 0.239 e. The summed E-state index contributed by atoms with van der Waals surface area (Å²) in [5.74, 6) is 0.654. The third kappa shape index (κ3) is 3.08. The third-order valence-electron chi connectivity index (χ3n) is 3.04. The van der Waals surface area contributed by atoms with Crippen molar-refractivity contribution >= 4 is 11.7 Å². The maximum atomic E-state index is 11.9. The molecular formula is C12H20N4O2. The van der Waals surface area contributed by atoms with Crippen molar-refractivity contribution in [2.75, 3.05) is 25.0 Å². The summed E-state index contributed by atoms with van der Waals surface area (Å²) in [7, 11) is 0. The molecule has 2 heterocycles. The molecule has 2 N–H and O–H groups in total. The van der Waals surface area contributed by atoms with Crippen LogP contribution in [0.4, 0.5) is 5.82 Å². The SMILES string of the molecule is CC(C)n1nccc1NC(=O)CN1CC[C@@H](O)C1. The number of hydrogen-bond acceptors (Lipinski definition) is 4. The molecular weight excluding hydrogens is 232 g/mol. The van der Waals surface area contributed by atoms with Crippen molar-refractivity contribution in [1.82, 2.24) is 14.7 Å². The summed E-state index contributed by atoms with van der Waals surface area (Å²) >= 11 is 0. The zero-order valence-electron chi connectivity index (χ0n) is 10.8. The van der Waals surface area contributed by atoms with E-state index in [9.17, 15) is 9.90 Å². The lowest BCUT2D eigenvalue weighted by Gasteiger charge is -2.16. The minimum absolute atomic E-state index is 0.0634. The van der Waals surface area contributed by atoms with Gasteiger partial charge in [0, 0.05) is 25.2 Å². The fraction of sp³-hybridized carbons (Fsp3) is 0.667. The van der Waals surface area contributed by atoms with E-state index in [0.29, 0.717) is 13.1 Å². The van der Waals surface area contributed by atoms with Crippen LogP contribution in [0.25, 0.3) is 0 Å². The van der Waals surface area contributed by atoms with E-state index in [2.05, 4.69) is 10.4 Å². The van der Waals surface area contributed by atoms with Gasteiger partial charge in [0.05, 0.1) is 18.8 Å². The molecule has 0 saturated carbocycles. The molecule has 0 aliphatic carbocycles. The van der Waals surface area contributed by atoms with E-state index >= 15 is 0 Å². The first-order valence-corrected chi connectivity index (χ1v) is 6.30. The number of aliphatic hydroxyl groups excluding tert-OH is 1. The first kappa shape index (κ1) is 13.0. The zero-order valence-corrected chi connectivity index (χ0v) is 10.8. The van der Waals surface area contributed by atoms with Crippen molar-refractivity contribution in [3.8, 4) is 0 Å². The molecule has 1 aliphatic rings. The van der Waals surface area contributed by atoms with Gasteiger partial charge in [0.1, 0.15) is 5.82 Å². The Morgan fingerprint density at radius 1 is 1.67 bits per heavy atom. The molecule has 1 aromatic rings. The maximum Gasteiger partial charge on any atom is 0.239 e. The summed E-state index contributed by atoms with van der Waals surface area (Å²) in [4.78, 5) is 13.8. The highest BCUT2D eigenvalue weighted by molar-refractivity contribution is 5.91. The van der Waals surface area contributed by atoms with Crippen molar-refractivity contribution in [2.45, 2.75) is 32.4 Å². The predicted molar refractivity (Wildman–Crippen MR) is 68.3 cm³/mol. The van der Waals surface area contributed by atoms with Gasteiger partial charge in [-0.1, -0.05) is 0 Å². The van der Waals surface area contributed by atoms with Crippen LogP contribution in [0, 0.1) is 0 Å². The molecule has 0 bridgehead atoms. The average Bonchev–Trinajstić information content (AvgIpc) is 2.87. The van der Waals surface area contributed by atoms with Gasteiger partial charge in [-0.25, -0.2) is 4.68 Å². The molecule has 1 saturated heterocycles. The van der Waals surface area contributed by atoms with Crippen LogP contribution >= 0.6 is 0 Å². The third-order valence-corrected chi connectivity index (χ3v) is 3.04.